The van der Waals surface area contributed by atoms with E-state index in [4.69, 9.17) is 15.0 Å². The maximum Gasteiger partial charge on any atom is 0.372 e. The van der Waals surface area contributed by atoms with Crippen LogP contribution in [0.25, 0.3) is 0 Å². The van der Waals surface area contributed by atoms with Crippen LogP contribution in [0.1, 0.15) is 54.4 Å². The lowest BCUT2D eigenvalue weighted by Gasteiger charge is -2.26. The minimum absolute atomic E-state index is 0.0299. The number of ketones is 1. The summed E-state index contributed by atoms with van der Waals surface area (Å²) < 4.78 is 10.8. The normalized spacial score (nSPS) is 13.3. The Kier molecular flexibility index (Phi) is 10.6. The number of Topliss-reactive ketones (excluding diaryl/α,β-unsaturated/α-hetero) is 1. The Morgan fingerprint density at radius 1 is 1.08 bits per heavy atom. The van der Waals surface area contributed by atoms with Crippen molar-refractivity contribution >= 4 is 23.9 Å². The number of nitrogens with one attached hydrogen (secondary N) is 2. The van der Waals surface area contributed by atoms with E-state index in [0.29, 0.717) is 0 Å². The highest BCUT2D eigenvalue weighted by Crippen LogP contribution is 2.11. The molecule has 142 valence electrons. The lowest BCUT2D eigenvalue weighted by molar-refractivity contribution is -0.154. The largest absolute Gasteiger partial charge is 0.461 e. The van der Waals surface area contributed by atoms with Gasteiger partial charge < -0.3 is 14.8 Å². The third kappa shape index (κ3) is 9.74. The van der Waals surface area contributed by atoms with Crippen molar-refractivity contribution in [3.8, 4) is 0 Å². The fourth-order valence-electron chi connectivity index (χ4n) is 2.06. The third-order valence-corrected chi connectivity index (χ3v) is 3.12. The van der Waals surface area contributed by atoms with Gasteiger partial charge in [0, 0.05) is 6.42 Å². The van der Waals surface area contributed by atoms with Crippen LogP contribution >= 0.6 is 0 Å². The lowest BCUT2D eigenvalue weighted by Crippen LogP contribution is -2.49. The number of esters is 1. The molecule has 0 fully saturated rings. The molecule has 0 aliphatic rings. The highest BCUT2D eigenvalue weighted by atomic mass is 16.5. The van der Waals surface area contributed by atoms with E-state index in [2.05, 4.69) is 10.1 Å². The monoisotopic (exact) mass is 356 g/mol. The molecule has 0 rings (SSSR count). The zero-order chi connectivity index (χ0) is 19.6. The molecular formula is C17H30N3O5+. The van der Waals surface area contributed by atoms with Gasteiger partial charge in [0.25, 0.3) is 0 Å². The minimum atomic E-state index is -0.963. The van der Waals surface area contributed by atoms with Gasteiger partial charge in [0.15, 0.2) is 0 Å². The molecule has 0 spiro atoms. The quantitative estimate of drug-likeness (QED) is 0.252. The molecule has 0 aromatic rings. The number of ether oxygens (including phenoxy) is 2. The molecule has 0 bridgehead atoms. The first-order valence-corrected chi connectivity index (χ1v) is 8.47. The smallest absolute Gasteiger partial charge is 0.372 e. The molecule has 8 heteroatoms. The van der Waals surface area contributed by atoms with E-state index < -0.39 is 29.8 Å². The van der Waals surface area contributed by atoms with Crippen molar-refractivity contribution in [3.05, 3.63) is 0 Å². The van der Waals surface area contributed by atoms with Gasteiger partial charge in [0.1, 0.15) is 12.1 Å². The Morgan fingerprint density at radius 3 is 2.12 bits per heavy atom. The van der Waals surface area contributed by atoms with Crippen molar-refractivity contribution in [2.45, 2.75) is 78.7 Å². The number of hydrogen-bond acceptors (Lipinski definition) is 6. The van der Waals surface area contributed by atoms with E-state index in [0.717, 1.165) is 6.21 Å². The van der Waals surface area contributed by atoms with Crippen molar-refractivity contribution in [1.29, 1.82) is 5.53 Å². The van der Waals surface area contributed by atoms with Crippen LogP contribution in [0.15, 0.2) is 0 Å². The summed E-state index contributed by atoms with van der Waals surface area (Å²) in [6.45, 7) is 10.8. The van der Waals surface area contributed by atoms with Crippen molar-refractivity contribution in [2.24, 2.45) is 5.92 Å². The first kappa shape index (κ1) is 22.9. The zero-order valence-electron chi connectivity index (χ0n) is 15.9. The average Bonchev–Trinajstić information content (AvgIpc) is 2.47. The third-order valence-electron chi connectivity index (χ3n) is 3.12. The topological polar surface area (TPSA) is 120 Å². The van der Waals surface area contributed by atoms with Crippen molar-refractivity contribution < 1.29 is 28.6 Å². The highest BCUT2D eigenvalue weighted by Gasteiger charge is 2.30. The Morgan fingerprint density at radius 2 is 1.68 bits per heavy atom. The molecular weight excluding hydrogens is 326 g/mol. The van der Waals surface area contributed by atoms with Crippen molar-refractivity contribution in [3.63, 3.8) is 0 Å². The standard InChI is InChI=1S/C17H29N3O5/c1-10(2)15(24-11(3)4)16(22)20-14(17(23)25-12(5)6)8-7-13(21)9-19-18/h9-12,14-15,18H,7-8H2,1-6H3/p+1/t14-,15-/m0/s1. The van der Waals surface area contributed by atoms with Gasteiger partial charge in [-0.2, -0.15) is 0 Å². The molecule has 0 radical (unpaired) electrons. The van der Waals surface area contributed by atoms with Gasteiger partial charge in [-0.15, -0.1) is 0 Å². The van der Waals surface area contributed by atoms with Gasteiger partial charge in [0.05, 0.1) is 22.5 Å². The molecule has 8 nitrogen and oxygen atoms in total. The van der Waals surface area contributed by atoms with E-state index in [-0.39, 0.29) is 31.0 Å². The molecule has 0 aromatic carbocycles. The summed E-state index contributed by atoms with van der Waals surface area (Å²) in [5, 5.41) is 2.62. The first-order chi connectivity index (χ1) is 11.6. The van der Waals surface area contributed by atoms with E-state index in [9.17, 15) is 14.4 Å². The predicted octanol–water partition coefficient (Wildman–Crippen LogP) is 1.53. The van der Waals surface area contributed by atoms with Gasteiger partial charge in [-0.25, -0.2) is 4.79 Å². The van der Waals surface area contributed by atoms with Crippen LogP contribution in [0.4, 0.5) is 0 Å². The van der Waals surface area contributed by atoms with Gasteiger partial charge >= 0.3 is 12.2 Å². The molecule has 25 heavy (non-hydrogen) atoms. The first-order valence-electron chi connectivity index (χ1n) is 8.47. The van der Waals surface area contributed by atoms with Crippen LogP contribution in [0.3, 0.4) is 0 Å². The van der Waals surface area contributed by atoms with E-state index in [1.54, 1.807) is 13.8 Å². The van der Waals surface area contributed by atoms with E-state index in [1.165, 1.54) is 0 Å². The second-order valence-electron chi connectivity index (χ2n) is 6.66. The van der Waals surface area contributed by atoms with Gasteiger partial charge in [-0.1, -0.05) is 13.8 Å². The maximum absolute atomic E-state index is 12.5. The van der Waals surface area contributed by atoms with E-state index >= 15 is 0 Å². The number of rotatable bonds is 11. The molecule has 0 unspecified atom stereocenters. The molecule has 1 amide bonds. The van der Waals surface area contributed by atoms with Crippen LogP contribution in [0, 0.1) is 11.4 Å². The van der Waals surface area contributed by atoms with Crippen LogP contribution in [0.2, 0.25) is 0 Å². The molecule has 0 aliphatic heterocycles. The Bertz CT molecular complexity index is 510. The number of amides is 1. The summed E-state index contributed by atoms with van der Waals surface area (Å²) in [6, 6.07) is -0.963. The summed E-state index contributed by atoms with van der Waals surface area (Å²) in [4.78, 5) is 39.1. The molecule has 0 saturated heterocycles. The minimum Gasteiger partial charge on any atom is -0.461 e. The van der Waals surface area contributed by atoms with Crippen LogP contribution in [-0.4, -0.2) is 53.0 Å². The number of carbonyl (C=O) groups is 3. The fraction of sp³-hybridized carbons (Fsp3) is 0.765. The second kappa shape index (κ2) is 11.5. The maximum atomic E-state index is 12.5. The molecule has 0 saturated carbocycles. The van der Waals surface area contributed by atoms with Gasteiger partial charge in [0.2, 0.25) is 11.7 Å². The average molecular weight is 356 g/mol. The molecule has 0 aromatic heterocycles. The van der Waals surface area contributed by atoms with Crippen LogP contribution in [-0.2, 0) is 23.9 Å². The predicted molar refractivity (Wildman–Crippen MR) is 91.3 cm³/mol. The number of carbonyl (C=O) groups excluding carboxylic acids is 3. The SMILES string of the molecule is CC(C)OC(=O)[C@H](CCC(=O)C=[N+]=N)NC(=O)[C@@H](OC(C)C)C(C)C. The van der Waals surface area contributed by atoms with Crippen LogP contribution < -0.4 is 5.32 Å². The van der Waals surface area contributed by atoms with E-state index in [1.807, 2.05) is 27.7 Å². The van der Waals surface area contributed by atoms with Gasteiger partial charge in [-0.05, 0) is 40.0 Å². The van der Waals surface area contributed by atoms with Crippen LogP contribution in [0.5, 0.6) is 0 Å². The Balaban J connectivity index is 5.11. The fourth-order valence-corrected chi connectivity index (χ4v) is 2.06. The Labute approximate surface area is 148 Å². The Hall–Kier alpha value is -2.05. The summed E-state index contributed by atoms with van der Waals surface area (Å²) >= 11 is 0. The summed E-state index contributed by atoms with van der Waals surface area (Å²) in [5.74, 6) is -1.51. The summed E-state index contributed by atoms with van der Waals surface area (Å²) in [6.07, 6.45) is -0.294. The number of hydrogen-bond donors (Lipinski definition) is 2. The zero-order valence-corrected chi connectivity index (χ0v) is 15.9. The van der Waals surface area contributed by atoms with Crippen molar-refractivity contribution in [1.82, 2.24) is 5.32 Å². The molecule has 0 aliphatic carbocycles. The second-order valence-corrected chi connectivity index (χ2v) is 6.66. The molecule has 2 N–H and O–H groups in total. The molecule has 2 atom stereocenters. The summed E-state index contributed by atoms with van der Waals surface area (Å²) in [7, 11) is 0. The lowest BCUT2D eigenvalue weighted by atomic mass is 10.0. The number of nitrogens with zero attached hydrogens (tertiary/aromatic N) is 1. The molecule has 0 heterocycles. The summed E-state index contributed by atoms with van der Waals surface area (Å²) in [5.41, 5.74) is 6.65. The van der Waals surface area contributed by atoms with Gasteiger partial charge in [-0.3, -0.25) is 9.59 Å². The highest BCUT2D eigenvalue weighted by molar-refractivity contribution is 6.25. The van der Waals surface area contributed by atoms with Crippen molar-refractivity contribution in [2.75, 3.05) is 0 Å².